The lowest BCUT2D eigenvalue weighted by Crippen LogP contribution is -2.50. The molecule has 3 aromatic rings. The average molecular weight is 458 g/mol. The third kappa shape index (κ3) is 4.86. The van der Waals surface area contributed by atoms with Crippen molar-refractivity contribution < 1.29 is 14.0 Å². The molecule has 0 radical (unpaired) electrons. The van der Waals surface area contributed by atoms with E-state index >= 15 is 0 Å². The molecule has 1 aliphatic rings. The second-order valence-corrected chi connectivity index (χ2v) is 7.63. The van der Waals surface area contributed by atoms with Gasteiger partial charge in [-0.1, -0.05) is 34.9 Å². The highest BCUT2D eigenvalue weighted by Gasteiger charge is 2.25. The molecule has 0 atom stereocenters. The summed E-state index contributed by atoms with van der Waals surface area (Å²) in [6.45, 7) is 2.40. The summed E-state index contributed by atoms with van der Waals surface area (Å²) in [5.41, 5.74) is 1.04. The molecule has 2 aromatic carbocycles. The number of nitrogens with zero attached hydrogens (tertiary/aromatic N) is 6. The van der Waals surface area contributed by atoms with Crippen molar-refractivity contribution in [3.8, 4) is 5.69 Å². The summed E-state index contributed by atoms with van der Waals surface area (Å²) in [7, 11) is 0. The van der Waals surface area contributed by atoms with Crippen LogP contribution in [-0.2, 0) is 4.79 Å². The molecule has 9 nitrogen and oxygen atoms in total. The number of carbonyl (C=O) groups excluding carboxylic acids is 2. The largest absolute Gasteiger partial charge is 0.351 e. The number of rotatable bonds is 6. The molecule has 2 amide bonds. The average Bonchev–Trinajstić information content (AvgIpc) is 3.29. The van der Waals surface area contributed by atoms with Crippen molar-refractivity contribution in [3.05, 3.63) is 64.9 Å². The van der Waals surface area contributed by atoms with Gasteiger partial charge in [0.1, 0.15) is 5.82 Å². The van der Waals surface area contributed by atoms with Crippen molar-refractivity contribution in [2.24, 2.45) is 0 Å². The van der Waals surface area contributed by atoms with Gasteiger partial charge in [0, 0.05) is 39.1 Å². The van der Waals surface area contributed by atoms with Gasteiger partial charge in [-0.3, -0.25) is 9.59 Å². The van der Waals surface area contributed by atoms with E-state index in [1.165, 1.54) is 12.1 Å². The second-order valence-electron chi connectivity index (χ2n) is 7.22. The lowest BCUT2D eigenvalue weighted by Gasteiger charge is -2.34. The van der Waals surface area contributed by atoms with Crippen LogP contribution in [0.2, 0.25) is 5.02 Å². The highest BCUT2D eigenvalue weighted by Crippen LogP contribution is 2.18. The first-order chi connectivity index (χ1) is 15.5. The number of anilines is 1. The SMILES string of the molecule is O=C(NCCC(=O)N1CCN(c2nnnn2-c2ccccc2)CC1)c1ccc(F)cc1Cl. The summed E-state index contributed by atoms with van der Waals surface area (Å²) < 4.78 is 14.8. The van der Waals surface area contributed by atoms with Crippen LogP contribution in [0.1, 0.15) is 16.8 Å². The molecule has 166 valence electrons. The van der Waals surface area contributed by atoms with Crippen LogP contribution in [0.4, 0.5) is 10.3 Å². The minimum atomic E-state index is -0.515. The van der Waals surface area contributed by atoms with Crippen LogP contribution in [0.15, 0.2) is 48.5 Å². The van der Waals surface area contributed by atoms with Gasteiger partial charge in [0.25, 0.3) is 5.91 Å². The zero-order valence-electron chi connectivity index (χ0n) is 17.1. The summed E-state index contributed by atoms with van der Waals surface area (Å²) in [6.07, 6.45) is 0.159. The normalized spacial score (nSPS) is 13.8. The molecule has 1 saturated heterocycles. The van der Waals surface area contributed by atoms with E-state index < -0.39 is 11.7 Å². The molecule has 11 heteroatoms. The molecule has 0 saturated carbocycles. The summed E-state index contributed by atoms with van der Waals surface area (Å²) in [5.74, 6) is -0.386. The molecule has 1 N–H and O–H groups in total. The predicted octanol–water partition coefficient (Wildman–Crippen LogP) is 1.92. The van der Waals surface area contributed by atoms with Crippen molar-refractivity contribution >= 4 is 29.4 Å². The smallest absolute Gasteiger partial charge is 0.252 e. The minimum Gasteiger partial charge on any atom is -0.351 e. The van der Waals surface area contributed by atoms with E-state index in [-0.39, 0.29) is 29.5 Å². The standard InChI is InChI=1S/C21H21ClFN7O2/c22-18-14-15(23)6-7-17(18)20(32)24-9-8-19(31)28-10-12-29(13-11-28)21-25-26-27-30(21)16-4-2-1-3-5-16/h1-7,14H,8-13H2,(H,24,32). The van der Waals surface area contributed by atoms with Crippen LogP contribution in [-0.4, -0.2) is 69.6 Å². The zero-order chi connectivity index (χ0) is 22.5. The Bertz CT molecular complexity index is 1100. The van der Waals surface area contributed by atoms with E-state index in [1.807, 2.05) is 35.2 Å². The van der Waals surface area contributed by atoms with Gasteiger partial charge < -0.3 is 15.1 Å². The number of aromatic nitrogens is 4. The number of tetrazole rings is 1. The van der Waals surface area contributed by atoms with Gasteiger partial charge in [-0.2, -0.15) is 4.68 Å². The van der Waals surface area contributed by atoms with Crippen LogP contribution in [0, 0.1) is 5.82 Å². The Hall–Kier alpha value is -3.53. The third-order valence-corrected chi connectivity index (χ3v) is 5.48. The number of piperazine rings is 1. The van der Waals surface area contributed by atoms with Crippen molar-refractivity contribution in [2.75, 3.05) is 37.6 Å². The Morgan fingerprint density at radius 2 is 1.81 bits per heavy atom. The van der Waals surface area contributed by atoms with Crippen LogP contribution in [0.5, 0.6) is 0 Å². The van der Waals surface area contributed by atoms with Gasteiger partial charge in [-0.25, -0.2) is 4.39 Å². The zero-order valence-corrected chi connectivity index (χ0v) is 17.9. The molecule has 32 heavy (non-hydrogen) atoms. The predicted molar refractivity (Wildman–Crippen MR) is 116 cm³/mol. The highest BCUT2D eigenvalue weighted by molar-refractivity contribution is 6.33. The maximum absolute atomic E-state index is 13.1. The van der Waals surface area contributed by atoms with E-state index in [2.05, 4.69) is 20.8 Å². The molecule has 0 spiro atoms. The van der Waals surface area contributed by atoms with Gasteiger partial charge in [-0.05, 0) is 40.8 Å². The van der Waals surface area contributed by atoms with Gasteiger partial charge in [0.15, 0.2) is 0 Å². The number of amides is 2. The van der Waals surface area contributed by atoms with E-state index in [1.54, 1.807) is 9.58 Å². The molecular weight excluding hydrogens is 437 g/mol. The number of para-hydroxylation sites is 1. The molecule has 0 unspecified atom stereocenters. The lowest BCUT2D eigenvalue weighted by atomic mass is 10.2. The van der Waals surface area contributed by atoms with Crippen molar-refractivity contribution in [2.45, 2.75) is 6.42 Å². The van der Waals surface area contributed by atoms with E-state index in [0.29, 0.717) is 32.1 Å². The van der Waals surface area contributed by atoms with Gasteiger partial charge in [0.2, 0.25) is 11.9 Å². The van der Waals surface area contributed by atoms with Crippen LogP contribution in [0.3, 0.4) is 0 Å². The minimum absolute atomic E-state index is 0.0304. The Morgan fingerprint density at radius 1 is 1.06 bits per heavy atom. The van der Waals surface area contributed by atoms with Crippen molar-refractivity contribution in [3.63, 3.8) is 0 Å². The number of hydrogen-bond acceptors (Lipinski definition) is 6. The van der Waals surface area contributed by atoms with Crippen LogP contribution in [0.25, 0.3) is 5.69 Å². The molecule has 0 aliphatic carbocycles. The quantitative estimate of drug-likeness (QED) is 0.607. The molecule has 1 fully saturated rings. The van der Waals surface area contributed by atoms with E-state index in [0.717, 1.165) is 11.8 Å². The number of benzene rings is 2. The molecule has 0 bridgehead atoms. The van der Waals surface area contributed by atoms with Gasteiger partial charge in [0.05, 0.1) is 16.3 Å². The molecule has 4 rings (SSSR count). The van der Waals surface area contributed by atoms with Gasteiger partial charge >= 0.3 is 0 Å². The van der Waals surface area contributed by atoms with Crippen molar-refractivity contribution in [1.29, 1.82) is 0 Å². The Morgan fingerprint density at radius 3 is 2.53 bits per heavy atom. The first-order valence-electron chi connectivity index (χ1n) is 10.1. The summed E-state index contributed by atoms with van der Waals surface area (Å²) in [6, 6.07) is 13.2. The monoisotopic (exact) mass is 457 g/mol. The Kier molecular flexibility index (Phi) is 6.60. The van der Waals surface area contributed by atoms with Crippen molar-refractivity contribution in [1.82, 2.24) is 30.4 Å². The topological polar surface area (TPSA) is 96.2 Å². The van der Waals surface area contributed by atoms with Crippen LogP contribution < -0.4 is 10.2 Å². The van der Waals surface area contributed by atoms with Crippen LogP contribution >= 0.6 is 11.6 Å². The fourth-order valence-corrected chi connectivity index (χ4v) is 3.73. The summed E-state index contributed by atoms with van der Waals surface area (Å²) in [4.78, 5) is 28.5. The Labute approximate surface area is 188 Å². The van der Waals surface area contributed by atoms with Gasteiger partial charge in [-0.15, -0.1) is 0 Å². The maximum Gasteiger partial charge on any atom is 0.252 e. The molecule has 2 heterocycles. The van der Waals surface area contributed by atoms with E-state index in [9.17, 15) is 14.0 Å². The number of carbonyl (C=O) groups is 2. The van der Waals surface area contributed by atoms with E-state index in [4.69, 9.17) is 11.6 Å². The number of halogens is 2. The molecule has 1 aromatic heterocycles. The fraction of sp³-hybridized carbons (Fsp3) is 0.286. The second kappa shape index (κ2) is 9.73. The molecular formula is C21H21ClFN7O2. The summed E-state index contributed by atoms with van der Waals surface area (Å²) >= 11 is 5.90. The number of nitrogens with one attached hydrogen (secondary N) is 1. The summed E-state index contributed by atoms with van der Waals surface area (Å²) in [5, 5.41) is 14.7. The first-order valence-corrected chi connectivity index (χ1v) is 10.5. The maximum atomic E-state index is 13.1. The lowest BCUT2D eigenvalue weighted by molar-refractivity contribution is -0.131. The Balaban J connectivity index is 1.26. The fourth-order valence-electron chi connectivity index (χ4n) is 3.48. The highest BCUT2D eigenvalue weighted by atomic mass is 35.5. The third-order valence-electron chi connectivity index (χ3n) is 5.17. The first kappa shape index (κ1) is 21.7. The number of hydrogen-bond donors (Lipinski definition) is 1. The molecule has 1 aliphatic heterocycles.